The van der Waals surface area contributed by atoms with Crippen LogP contribution in [0.5, 0.6) is 0 Å². The van der Waals surface area contributed by atoms with Crippen molar-refractivity contribution in [2.75, 3.05) is 0 Å². The summed E-state index contributed by atoms with van der Waals surface area (Å²) in [5.41, 5.74) is 7.95. The van der Waals surface area contributed by atoms with Crippen molar-refractivity contribution in [2.24, 2.45) is 0 Å². The SMILES string of the molecule is O=C(NCc1cccnc1)c1ccc(-c2cc(-c3ccncc3)c(-c3ccccc3)[nH]2)cc1. The van der Waals surface area contributed by atoms with E-state index >= 15 is 0 Å². The van der Waals surface area contributed by atoms with Gasteiger partial charge in [-0.25, -0.2) is 0 Å². The highest BCUT2D eigenvalue weighted by Crippen LogP contribution is 2.35. The summed E-state index contributed by atoms with van der Waals surface area (Å²) in [6.07, 6.45) is 7.07. The van der Waals surface area contributed by atoms with E-state index in [1.165, 1.54) is 0 Å². The highest BCUT2D eigenvalue weighted by molar-refractivity contribution is 5.95. The van der Waals surface area contributed by atoms with Gasteiger partial charge in [-0.1, -0.05) is 48.5 Å². The third-order valence-corrected chi connectivity index (χ3v) is 5.51. The van der Waals surface area contributed by atoms with Crippen LogP contribution in [0.15, 0.2) is 110 Å². The van der Waals surface area contributed by atoms with Gasteiger partial charge >= 0.3 is 0 Å². The molecular formula is C28H22N4O. The molecule has 0 atom stereocenters. The number of carbonyl (C=O) groups is 1. The van der Waals surface area contributed by atoms with Crippen LogP contribution in [0.1, 0.15) is 15.9 Å². The molecule has 0 bridgehead atoms. The van der Waals surface area contributed by atoms with E-state index in [9.17, 15) is 4.79 Å². The number of aromatic amines is 1. The van der Waals surface area contributed by atoms with Crippen molar-refractivity contribution < 1.29 is 4.79 Å². The van der Waals surface area contributed by atoms with E-state index in [2.05, 4.69) is 38.5 Å². The molecule has 2 aromatic carbocycles. The number of rotatable bonds is 6. The summed E-state index contributed by atoms with van der Waals surface area (Å²) in [5.74, 6) is -0.112. The lowest BCUT2D eigenvalue weighted by atomic mass is 10.0. The standard InChI is InChI=1S/C28H22N4O/c33-28(31-19-20-5-4-14-30-18-20)24-10-8-22(9-11-24)26-17-25(21-12-15-29-16-13-21)27(32-26)23-6-2-1-3-7-23/h1-18,32H,19H2,(H,31,33). The summed E-state index contributed by atoms with van der Waals surface area (Å²) in [7, 11) is 0. The third-order valence-electron chi connectivity index (χ3n) is 5.51. The van der Waals surface area contributed by atoms with Gasteiger partial charge in [-0.05, 0) is 58.7 Å². The number of benzene rings is 2. The minimum absolute atomic E-state index is 0.112. The Morgan fingerprint density at radius 3 is 2.27 bits per heavy atom. The molecule has 3 heterocycles. The molecule has 2 N–H and O–H groups in total. The van der Waals surface area contributed by atoms with Crippen LogP contribution in [0.25, 0.3) is 33.6 Å². The van der Waals surface area contributed by atoms with Crippen molar-refractivity contribution in [1.82, 2.24) is 20.3 Å². The second kappa shape index (κ2) is 9.32. The lowest BCUT2D eigenvalue weighted by molar-refractivity contribution is 0.0951. The molecule has 0 spiro atoms. The monoisotopic (exact) mass is 430 g/mol. The molecule has 0 aliphatic heterocycles. The minimum atomic E-state index is -0.112. The van der Waals surface area contributed by atoms with Gasteiger partial charge in [0, 0.05) is 48.2 Å². The van der Waals surface area contributed by atoms with Crippen molar-refractivity contribution in [1.29, 1.82) is 0 Å². The zero-order valence-electron chi connectivity index (χ0n) is 17.9. The molecule has 160 valence electrons. The van der Waals surface area contributed by atoms with Crippen LogP contribution in [0.4, 0.5) is 0 Å². The van der Waals surface area contributed by atoms with Gasteiger partial charge in [-0.2, -0.15) is 0 Å². The number of hydrogen-bond acceptors (Lipinski definition) is 3. The van der Waals surface area contributed by atoms with Gasteiger partial charge < -0.3 is 10.3 Å². The second-order valence-corrected chi connectivity index (χ2v) is 7.69. The Kier molecular flexibility index (Phi) is 5.76. The topological polar surface area (TPSA) is 70.7 Å². The minimum Gasteiger partial charge on any atom is -0.354 e. The first-order valence-electron chi connectivity index (χ1n) is 10.7. The van der Waals surface area contributed by atoms with Gasteiger partial charge in [0.15, 0.2) is 0 Å². The first-order valence-corrected chi connectivity index (χ1v) is 10.7. The molecule has 5 aromatic rings. The normalized spacial score (nSPS) is 10.7. The molecule has 0 radical (unpaired) electrons. The van der Waals surface area contributed by atoms with E-state index in [1.807, 2.05) is 66.7 Å². The Balaban J connectivity index is 1.41. The van der Waals surface area contributed by atoms with Crippen LogP contribution in [-0.4, -0.2) is 20.9 Å². The predicted molar refractivity (Wildman–Crippen MR) is 130 cm³/mol. The number of pyridine rings is 2. The molecule has 33 heavy (non-hydrogen) atoms. The Morgan fingerprint density at radius 2 is 1.55 bits per heavy atom. The summed E-state index contributed by atoms with van der Waals surface area (Å²) in [6, 6.07) is 27.9. The van der Waals surface area contributed by atoms with Crippen molar-refractivity contribution in [3.63, 3.8) is 0 Å². The molecule has 0 fully saturated rings. The highest BCUT2D eigenvalue weighted by atomic mass is 16.1. The fraction of sp³-hybridized carbons (Fsp3) is 0.0357. The number of nitrogens with zero attached hydrogens (tertiary/aromatic N) is 2. The number of H-pyrrole nitrogens is 1. The molecular weight excluding hydrogens is 408 g/mol. The Morgan fingerprint density at radius 1 is 0.758 bits per heavy atom. The molecule has 1 amide bonds. The smallest absolute Gasteiger partial charge is 0.251 e. The second-order valence-electron chi connectivity index (χ2n) is 7.69. The summed E-state index contributed by atoms with van der Waals surface area (Å²) >= 11 is 0. The lowest BCUT2D eigenvalue weighted by Gasteiger charge is -2.06. The third kappa shape index (κ3) is 4.57. The fourth-order valence-corrected chi connectivity index (χ4v) is 3.79. The summed E-state index contributed by atoms with van der Waals surface area (Å²) in [5, 5.41) is 2.94. The molecule has 3 aromatic heterocycles. The van der Waals surface area contributed by atoms with Crippen LogP contribution in [0, 0.1) is 0 Å². The predicted octanol–water partition coefficient (Wildman–Crippen LogP) is 5.74. The van der Waals surface area contributed by atoms with Crippen molar-refractivity contribution in [3.8, 4) is 33.6 Å². The van der Waals surface area contributed by atoms with Gasteiger partial charge in [0.25, 0.3) is 5.91 Å². The van der Waals surface area contributed by atoms with Crippen LogP contribution >= 0.6 is 0 Å². The van der Waals surface area contributed by atoms with Crippen molar-refractivity contribution in [3.05, 3.63) is 121 Å². The van der Waals surface area contributed by atoms with Crippen molar-refractivity contribution >= 4 is 5.91 Å². The Hall–Kier alpha value is -4.51. The van der Waals surface area contributed by atoms with E-state index in [-0.39, 0.29) is 5.91 Å². The van der Waals surface area contributed by atoms with E-state index in [0.29, 0.717) is 12.1 Å². The molecule has 5 rings (SSSR count). The molecule has 0 aliphatic rings. The zero-order chi connectivity index (χ0) is 22.5. The highest BCUT2D eigenvalue weighted by Gasteiger charge is 2.14. The number of hydrogen-bond donors (Lipinski definition) is 2. The average Bonchev–Trinajstić information content (AvgIpc) is 3.35. The number of amides is 1. The van der Waals surface area contributed by atoms with Crippen LogP contribution < -0.4 is 5.32 Å². The summed E-state index contributed by atoms with van der Waals surface area (Å²) in [6.45, 7) is 0.445. The van der Waals surface area contributed by atoms with Crippen LogP contribution in [0.3, 0.4) is 0 Å². The molecule has 0 unspecified atom stereocenters. The van der Waals surface area contributed by atoms with Gasteiger partial charge in [0.1, 0.15) is 0 Å². The van der Waals surface area contributed by atoms with E-state index in [4.69, 9.17) is 0 Å². The Labute approximate surface area is 192 Å². The van der Waals surface area contributed by atoms with Gasteiger partial charge in [0.05, 0.1) is 5.69 Å². The van der Waals surface area contributed by atoms with E-state index < -0.39 is 0 Å². The quantitative estimate of drug-likeness (QED) is 0.361. The van der Waals surface area contributed by atoms with Gasteiger partial charge in [0.2, 0.25) is 0 Å². The Bertz CT molecular complexity index is 1290. The molecule has 0 saturated carbocycles. The van der Waals surface area contributed by atoms with Crippen molar-refractivity contribution in [2.45, 2.75) is 6.54 Å². The number of aromatic nitrogens is 3. The zero-order valence-corrected chi connectivity index (χ0v) is 17.9. The van der Waals surface area contributed by atoms with Gasteiger partial charge in [-0.15, -0.1) is 0 Å². The summed E-state index contributed by atoms with van der Waals surface area (Å²) in [4.78, 5) is 24.4. The molecule has 0 aliphatic carbocycles. The van der Waals surface area contributed by atoms with E-state index in [0.717, 1.165) is 39.2 Å². The fourth-order valence-electron chi connectivity index (χ4n) is 3.79. The maximum atomic E-state index is 12.5. The van der Waals surface area contributed by atoms with Gasteiger partial charge in [-0.3, -0.25) is 14.8 Å². The van der Waals surface area contributed by atoms with E-state index in [1.54, 1.807) is 24.8 Å². The number of carbonyl (C=O) groups excluding carboxylic acids is 1. The maximum absolute atomic E-state index is 12.5. The average molecular weight is 431 g/mol. The number of nitrogens with one attached hydrogen (secondary N) is 2. The molecule has 0 saturated heterocycles. The largest absolute Gasteiger partial charge is 0.354 e. The molecule has 5 nitrogen and oxygen atoms in total. The maximum Gasteiger partial charge on any atom is 0.251 e. The molecule has 5 heteroatoms. The first kappa shape index (κ1) is 20.4. The van der Waals surface area contributed by atoms with Crippen LogP contribution in [0.2, 0.25) is 0 Å². The summed E-state index contributed by atoms with van der Waals surface area (Å²) < 4.78 is 0. The lowest BCUT2D eigenvalue weighted by Crippen LogP contribution is -2.22. The van der Waals surface area contributed by atoms with Crippen LogP contribution in [-0.2, 0) is 6.54 Å². The first-order chi connectivity index (χ1) is 16.3.